The van der Waals surface area contributed by atoms with E-state index in [1.54, 1.807) is 13.3 Å². The van der Waals surface area contributed by atoms with Crippen molar-refractivity contribution in [1.29, 1.82) is 0 Å². The molecule has 1 unspecified atom stereocenters. The number of benzene rings is 1. The molecule has 3 rings (SSSR count). The predicted molar refractivity (Wildman–Crippen MR) is 104 cm³/mol. The molecule has 0 aliphatic carbocycles. The number of nitrogens with one attached hydrogen (secondary N) is 1. The first-order valence-electron chi connectivity index (χ1n) is 8.08. The Balaban J connectivity index is 0.00000243. The quantitative estimate of drug-likeness (QED) is 0.609. The van der Waals surface area contributed by atoms with Crippen LogP contribution < -0.4 is 4.74 Å². The fourth-order valence-electron chi connectivity index (χ4n) is 2.48. The molecule has 6 nitrogen and oxygen atoms in total. The number of hydrogen-bond acceptors (Lipinski definition) is 5. The molecule has 1 atom stereocenters. The lowest BCUT2D eigenvalue weighted by atomic mass is 10.2. The van der Waals surface area contributed by atoms with E-state index in [2.05, 4.69) is 15.0 Å². The zero-order valence-corrected chi connectivity index (χ0v) is 15.1. The van der Waals surface area contributed by atoms with E-state index in [4.69, 9.17) is 9.47 Å². The Morgan fingerprint density at radius 1 is 1.19 bits per heavy atom. The first-order valence-corrected chi connectivity index (χ1v) is 9.40. The van der Waals surface area contributed by atoms with Gasteiger partial charge in [0.05, 0.1) is 39.9 Å². The van der Waals surface area contributed by atoms with Crippen molar-refractivity contribution in [1.82, 2.24) is 15.0 Å². The fourth-order valence-corrected chi connectivity index (χ4v) is 3.58. The van der Waals surface area contributed by atoms with Crippen LogP contribution in [0, 0.1) is 6.92 Å². The second kappa shape index (κ2) is 9.45. The monoisotopic (exact) mass is 375 g/mol. The maximum absolute atomic E-state index is 12.7. The number of ether oxygens (including phenoxy) is 2. The molecule has 0 amide bonds. The van der Waals surface area contributed by atoms with Crippen LogP contribution in [0.1, 0.15) is 25.1 Å². The van der Waals surface area contributed by atoms with Gasteiger partial charge in [-0.05, 0) is 25.1 Å². The minimum atomic E-state index is -1.30. The summed E-state index contributed by atoms with van der Waals surface area (Å²) >= 11 is 0. The zero-order chi connectivity index (χ0) is 17.6. The standard InChI is InChI=1S/C18H21N3O3S.CH4/c1-13-16(19-9-8-17(13)24-11-5-10-23-2)12-25(22)18-20-14-6-3-4-7-15(14)21-18;/h3-4,6-9H,5,10-12H2,1-2H3,(H,20,21);1H4. The Morgan fingerprint density at radius 3 is 2.77 bits per heavy atom. The van der Waals surface area contributed by atoms with Gasteiger partial charge >= 0.3 is 0 Å². The largest absolute Gasteiger partial charge is 0.493 e. The van der Waals surface area contributed by atoms with Crippen LogP contribution in [0.2, 0.25) is 0 Å². The predicted octanol–water partition coefficient (Wildman–Crippen LogP) is 3.63. The molecule has 0 radical (unpaired) electrons. The van der Waals surface area contributed by atoms with Gasteiger partial charge in [0.1, 0.15) is 5.75 Å². The van der Waals surface area contributed by atoms with E-state index in [1.807, 2.05) is 37.3 Å². The van der Waals surface area contributed by atoms with Gasteiger partial charge in [-0.3, -0.25) is 9.19 Å². The molecular formula is C19H25N3O3S. The number of fused-ring (bicyclic) bond motifs is 1. The summed E-state index contributed by atoms with van der Waals surface area (Å²) in [7, 11) is 0.371. The van der Waals surface area contributed by atoms with E-state index in [-0.39, 0.29) is 7.43 Å². The molecule has 1 aromatic carbocycles. The number of methoxy groups -OCH3 is 1. The molecule has 0 aliphatic rings. The summed E-state index contributed by atoms with van der Waals surface area (Å²) in [5, 5.41) is 0.466. The first kappa shape index (κ1) is 20.1. The number of aromatic amines is 1. The molecular weight excluding hydrogens is 350 g/mol. The third kappa shape index (κ3) is 4.68. The number of aromatic nitrogens is 3. The Labute approximate surface area is 156 Å². The van der Waals surface area contributed by atoms with Crippen LogP contribution in [-0.4, -0.2) is 39.5 Å². The number of H-pyrrole nitrogens is 1. The van der Waals surface area contributed by atoms with Crippen molar-refractivity contribution in [3.63, 3.8) is 0 Å². The van der Waals surface area contributed by atoms with Gasteiger partial charge in [-0.2, -0.15) is 0 Å². The van der Waals surface area contributed by atoms with Crippen LogP contribution in [0.25, 0.3) is 11.0 Å². The third-order valence-corrected chi connectivity index (χ3v) is 5.02. The molecule has 2 aromatic heterocycles. The molecule has 2 heterocycles. The molecule has 0 saturated carbocycles. The fraction of sp³-hybridized carbons (Fsp3) is 0.368. The Morgan fingerprint density at radius 2 is 2.00 bits per heavy atom. The SMILES string of the molecule is C.COCCCOc1ccnc(CS(=O)c2nc3ccccc3[nH]2)c1C. The van der Waals surface area contributed by atoms with Gasteiger partial charge in [-0.1, -0.05) is 19.6 Å². The number of para-hydroxylation sites is 2. The molecule has 1 N–H and O–H groups in total. The van der Waals surface area contributed by atoms with Crippen LogP contribution in [-0.2, 0) is 21.3 Å². The van der Waals surface area contributed by atoms with Gasteiger partial charge in [0.2, 0.25) is 0 Å². The van der Waals surface area contributed by atoms with Crippen LogP contribution in [0.3, 0.4) is 0 Å². The van der Waals surface area contributed by atoms with Gasteiger partial charge < -0.3 is 14.5 Å². The van der Waals surface area contributed by atoms with Crippen molar-refractivity contribution < 1.29 is 13.7 Å². The van der Waals surface area contributed by atoms with Gasteiger partial charge in [0, 0.05) is 31.9 Å². The number of hydrogen-bond donors (Lipinski definition) is 1. The highest BCUT2D eigenvalue weighted by Gasteiger charge is 2.14. The topological polar surface area (TPSA) is 77.1 Å². The molecule has 140 valence electrons. The van der Waals surface area contributed by atoms with Crippen molar-refractivity contribution in [3.8, 4) is 5.75 Å². The normalized spacial score (nSPS) is 11.9. The lowest BCUT2D eigenvalue weighted by Crippen LogP contribution is -2.06. The highest BCUT2D eigenvalue weighted by atomic mass is 32.2. The molecule has 0 spiro atoms. The Bertz CT molecular complexity index is 846. The second-order valence-electron chi connectivity index (χ2n) is 5.62. The first-order chi connectivity index (χ1) is 12.2. The average molecular weight is 375 g/mol. The average Bonchev–Trinajstić information content (AvgIpc) is 3.06. The van der Waals surface area contributed by atoms with Crippen molar-refractivity contribution in [2.45, 2.75) is 31.7 Å². The minimum absolute atomic E-state index is 0. The summed E-state index contributed by atoms with van der Waals surface area (Å²) in [5.41, 5.74) is 3.35. The molecule has 0 saturated heterocycles. The smallest absolute Gasteiger partial charge is 0.197 e. The van der Waals surface area contributed by atoms with E-state index < -0.39 is 10.8 Å². The lowest BCUT2D eigenvalue weighted by molar-refractivity contribution is 0.172. The minimum Gasteiger partial charge on any atom is -0.493 e. The molecule has 0 aliphatic heterocycles. The maximum atomic E-state index is 12.7. The van der Waals surface area contributed by atoms with Crippen LogP contribution in [0.15, 0.2) is 41.7 Å². The van der Waals surface area contributed by atoms with Gasteiger partial charge in [0.25, 0.3) is 0 Å². The molecule has 7 heteroatoms. The van der Waals surface area contributed by atoms with Crippen LogP contribution >= 0.6 is 0 Å². The Hall–Kier alpha value is -2.25. The maximum Gasteiger partial charge on any atom is 0.197 e. The van der Waals surface area contributed by atoms with E-state index >= 15 is 0 Å². The summed E-state index contributed by atoms with van der Waals surface area (Å²) in [6, 6.07) is 9.47. The summed E-state index contributed by atoms with van der Waals surface area (Å²) < 4.78 is 23.5. The van der Waals surface area contributed by atoms with Gasteiger partial charge in [0.15, 0.2) is 5.16 Å². The van der Waals surface area contributed by atoms with Crippen molar-refractivity contribution in [2.24, 2.45) is 0 Å². The van der Waals surface area contributed by atoms with E-state index in [0.717, 1.165) is 34.5 Å². The van der Waals surface area contributed by atoms with E-state index in [0.29, 0.717) is 24.1 Å². The molecule has 0 fully saturated rings. The van der Waals surface area contributed by atoms with Gasteiger partial charge in [-0.25, -0.2) is 4.98 Å². The zero-order valence-electron chi connectivity index (χ0n) is 14.3. The summed E-state index contributed by atoms with van der Waals surface area (Å²) in [6.45, 7) is 3.17. The van der Waals surface area contributed by atoms with Crippen molar-refractivity contribution in [3.05, 3.63) is 47.8 Å². The molecule has 0 bridgehead atoms. The summed E-state index contributed by atoms with van der Waals surface area (Å²) in [4.78, 5) is 11.9. The number of pyridine rings is 1. The Kier molecular flexibility index (Phi) is 7.29. The van der Waals surface area contributed by atoms with Crippen molar-refractivity contribution in [2.75, 3.05) is 20.3 Å². The lowest BCUT2D eigenvalue weighted by Gasteiger charge is -2.11. The molecule has 26 heavy (non-hydrogen) atoms. The van der Waals surface area contributed by atoms with Crippen LogP contribution in [0.4, 0.5) is 0 Å². The number of rotatable bonds is 8. The van der Waals surface area contributed by atoms with E-state index in [1.165, 1.54) is 0 Å². The van der Waals surface area contributed by atoms with Crippen LogP contribution in [0.5, 0.6) is 5.75 Å². The highest BCUT2D eigenvalue weighted by molar-refractivity contribution is 7.84. The van der Waals surface area contributed by atoms with E-state index in [9.17, 15) is 4.21 Å². The third-order valence-electron chi connectivity index (χ3n) is 3.86. The van der Waals surface area contributed by atoms with Crippen molar-refractivity contribution >= 4 is 21.8 Å². The summed E-state index contributed by atoms with van der Waals surface area (Å²) in [6.07, 6.45) is 2.50. The van der Waals surface area contributed by atoms with Gasteiger partial charge in [-0.15, -0.1) is 0 Å². The number of nitrogens with zero attached hydrogens (tertiary/aromatic N) is 2. The number of imidazole rings is 1. The molecule has 3 aromatic rings. The summed E-state index contributed by atoms with van der Waals surface area (Å²) in [5.74, 6) is 1.06. The highest BCUT2D eigenvalue weighted by Crippen LogP contribution is 2.22. The second-order valence-corrected chi connectivity index (χ2v) is 6.99.